The molecule has 1 aromatic rings. The molecule has 2 rings (SSSR count). The fraction of sp³-hybridized carbons (Fsp3) is 0.300. The van der Waals surface area contributed by atoms with Crippen molar-refractivity contribution in [3.63, 3.8) is 0 Å². The summed E-state index contributed by atoms with van der Waals surface area (Å²) >= 11 is 3.27. The van der Waals surface area contributed by atoms with Crippen LogP contribution < -0.4 is 0 Å². The van der Waals surface area contributed by atoms with Gasteiger partial charge in [-0.25, -0.2) is 4.79 Å². The molecule has 1 aliphatic heterocycles. The molecule has 1 N–H and O–H groups in total. The molecule has 84 valence electrons. The Labute approximate surface area is 100 Å². The van der Waals surface area contributed by atoms with Crippen molar-refractivity contribution >= 4 is 27.6 Å². The van der Waals surface area contributed by atoms with E-state index in [2.05, 4.69) is 26.1 Å². The molecule has 0 bridgehead atoms. The van der Waals surface area contributed by atoms with Crippen molar-refractivity contribution in [3.05, 3.63) is 28.5 Å². The van der Waals surface area contributed by atoms with Crippen molar-refractivity contribution in [3.8, 4) is 0 Å². The zero-order chi connectivity index (χ0) is 11.8. The second kappa shape index (κ2) is 3.86. The number of aliphatic carboxylic acids is 1. The van der Waals surface area contributed by atoms with Crippen molar-refractivity contribution in [1.29, 1.82) is 0 Å². The highest BCUT2D eigenvalue weighted by molar-refractivity contribution is 9.10. The maximum Gasteiger partial charge on any atom is 0.351 e. The number of carboxylic acids is 1. The first-order valence-corrected chi connectivity index (χ1v) is 5.41. The fourth-order valence-electron chi connectivity index (χ4n) is 1.34. The number of rotatable bonds is 2. The highest BCUT2D eigenvalue weighted by Gasteiger charge is 2.42. The maximum atomic E-state index is 10.9. The molecule has 0 aromatic carbocycles. The van der Waals surface area contributed by atoms with Gasteiger partial charge in [-0.15, -0.1) is 0 Å². The number of carbonyl (C=O) groups is 1. The van der Waals surface area contributed by atoms with E-state index in [1.165, 1.54) is 6.92 Å². The van der Waals surface area contributed by atoms with Gasteiger partial charge in [-0.2, -0.15) is 0 Å². The van der Waals surface area contributed by atoms with Crippen LogP contribution in [0.2, 0.25) is 0 Å². The van der Waals surface area contributed by atoms with Crippen molar-refractivity contribution in [1.82, 2.24) is 4.98 Å². The third-order valence-electron chi connectivity index (χ3n) is 2.34. The molecule has 0 spiro atoms. The average molecular weight is 285 g/mol. The molecule has 1 unspecified atom stereocenters. The third kappa shape index (κ3) is 1.92. The lowest BCUT2D eigenvalue weighted by Crippen LogP contribution is -2.35. The van der Waals surface area contributed by atoms with Crippen LogP contribution in [0.4, 0.5) is 0 Å². The van der Waals surface area contributed by atoms with E-state index in [1.807, 2.05) is 6.07 Å². The van der Waals surface area contributed by atoms with Gasteiger partial charge in [0.2, 0.25) is 5.60 Å². The second-order valence-electron chi connectivity index (χ2n) is 3.70. The van der Waals surface area contributed by atoms with Gasteiger partial charge >= 0.3 is 5.97 Å². The van der Waals surface area contributed by atoms with Gasteiger partial charge in [0.25, 0.3) is 0 Å². The normalized spacial score (nSPS) is 23.8. The molecule has 0 saturated heterocycles. The zero-order valence-corrected chi connectivity index (χ0v) is 10.1. The molecule has 0 radical (unpaired) electrons. The summed E-state index contributed by atoms with van der Waals surface area (Å²) < 4.78 is 0.858. The Morgan fingerprint density at radius 3 is 2.88 bits per heavy atom. The van der Waals surface area contributed by atoms with E-state index in [4.69, 9.17) is 9.94 Å². The number of carboxylic acid groups (broad SMARTS) is 1. The summed E-state index contributed by atoms with van der Waals surface area (Å²) in [5.41, 5.74) is -0.0880. The predicted octanol–water partition coefficient (Wildman–Crippen LogP) is 1.81. The van der Waals surface area contributed by atoms with Crippen LogP contribution in [0.3, 0.4) is 0 Å². The minimum atomic E-state index is -1.27. The van der Waals surface area contributed by atoms with E-state index in [0.717, 1.165) is 4.47 Å². The molecular weight excluding hydrogens is 276 g/mol. The molecular formula is C10H9BrN2O3. The lowest BCUT2D eigenvalue weighted by atomic mass is 9.98. The zero-order valence-electron chi connectivity index (χ0n) is 8.48. The smallest absolute Gasteiger partial charge is 0.351 e. The molecule has 1 aromatic heterocycles. The largest absolute Gasteiger partial charge is 0.478 e. The Morgan fingerprint density at radius 2 is 2.38 bits per heavy atom. The number of nitrogens with zero attached hydrogens (tertiary/aromatic N) is 2. The number of oxime groups is 1. The molecule has 0 saturated carbocycles. The Hall–Kier alpha value is -1.43. The lowest BCUT2D eigenvalue weighted by molar-refractivity contribution is -0.160. The summed E-state index contributed by atoms with van der Waals surface area (Å²) in [5, 5.41) is 12.7. The third-order valence-corrected chi connectivity index (χ3v) is 2.81. The number of hydrogen-bond acceptors (Lipinski definition) is 4. The Balaban J connectivity index is 2.20. The average Bonchev–Trinajstić information content (AvgIpc) is 2.63. The van der Waals surface area contributed by atoms with Gasteiger partial charge < -0.3 is 9.94 Å². The van der Waals surface area contributed by atoms with Crippen LogP contribution in [0.5, 0.6) is 0 Å². The van der Waals surface area contributed by atoms with Gasteiger partial charge in [0.05, 0.1) is 5.69 Å². The second-order valence-corrected chi connectivity index (χ2v) is 4.62. The first-order valence-electron chi connectivity index (χ1n) is 4.62. The minimum Gasteiger partial charge on any atom is -0.478 e. The minimum absolute atomic E-state index is 0.219. The van der Waals surface area contributed by atoms with Crippen LogP contribution in [0, 0.1) is 0 Å². The monoisotopic (exact) mass is 284 g/mol. The van der Waals surface area contributed by atoms with Crippen molar-refractivity contribution < 1.29 is 14.7 Å². The summed E-state index contributed by atoms with van der Waals surface area (Å²) in [6, 6.07) is 3.58. The predicted molar refractivity (Wildman–Crippen MR) is 60.2 cm³/mol. The molecule has 5 nitrogen and oxygen atoms in total. The van der Waals surface area contributed by atoms with Gasteiger partial charge in [0, 0.05) is 17.1 Å². The number of aromatic nitrogens is 1. The summed E-state index contributed by atoms with van der Waals surface area (Å²) in [6.45, 7) is 1.49. The van der Waals surface area contributed by atoms with Crippen molar-refractivity contribution in [2.45, 2.75) is 18.9 Å². The maximum absolute atomic E-state index is 10.9. The van der Waals surface area contributed by atoms with Gasteiger partial charge in [-0.05, 0) is 35.0 Å². The Morgan fingerprint density at radius 1 is 1.62 bits per heavy atom. The van der Waals surface area contributed by atoms with Crippen molar-refractivity contribution in [2.24, 2.45) is 5.16 Å². The van der Waals surface area contributed by atoms with E-state index in [0.29, 0.717) is 11.4 Å². The SMILES string of the molecule is CC1(C(=O)O)CC(c2ccc(Br)cn2)=NO1. The number of halogens is 1. The molecule has 2 heterocycles. The summed E-state index contributed by atoms with van der Waals surface area (Å²) in [6.07, 6.45) is 1.85. The molecule has 0 fully saturated rings. The van der Waals surface area contributed by atoms with E-state index in [-0.39, 0.29) is 6.42 Å². The van der Waals surface area contributed by atoms with Crippen LogP contribution in [0.15, 0.2) is 28.0 Å². The van der Waals surface area contributed by atoms with E-state index in [1.54, 1.807) is 12.3 Å². The standard InChI is InChI=1S/C10H9BrN2O3/c1-10(9(14)15)4-8(13-16-10)7-3-2-6(11)5-12-7/h2-3,5H,4H2,1H3,(H,14,15). The topological polar surface area (TPSA) is 71.8 Å². The van der Waals surface area contributed by atoms with Crippen molar-refractivity contribution in [2.75, 3.05) is 0 Å². The summed E-state index contributed by atoms with van der Waals surface area (Å²) in [5.74, 6) is -1.02. The summed E-state index contributed by atoms with van der Waals surface area (Å²) in [4.78, 5) is 20.0. The fourth-order valence-corrected chi connectivity index (χ4v) is 1.57. The number of hydrogen-bond donors (Lipinski definition) is 1. The molecule has 1 aliphatic rings. The van der Waals surface area contributed by atoms with Gasteiger partial charge in [0.1, 0.15) is 5.71 Å². The highest BCUT2D eigenvalue weighted by atomic mass is 79.9. The van der Waals surface area contributed by atoms with Gasteiger partial charge in [-0.3, -0.25) is 4.98 Å². The Kier molecular flexibility index (Phi) is 2.67. The van der Waals surface area contributed by atoms with Crippen LogP contribution in [0.25, 0.3) is 0 Å². The van der Waals surface area contributed by atoms with Crippen LogP contribution in [-0.4, -0.2) is 27.4 Å². The number of pyridine rings is 1. The van der Waals surface area contributed by atoms with Crippen LogP contribution in [0.1, 0.15) is 19.0 Å². The molecule has 0 amide bonds. The van der Waals surface area contributed by atoms with E-state index in [9.17, 15) is 4.79 Å². The molecule has 16 heavy (non-hydrogen) atoms. The van der Waals surface area contributed by atoms with Gasteiger partial charge in [0.15, 0.2) is 0 Å². The Bertz CT molecular complexity index is 458. The van der Waals surface area contributed by atoms with Crippen LogP contribution in [-0.2, 0) is 9.63 Å². The van der Waals surface area contributed by atoms with Crippen LogP contribution >= 0.6 is 15.9 Å². The van der Waals surface area contributed by atoms with Gasteiger partial charge in [-0.1, -0.05) is 5.16 Å². The molecule has 0 aliphatic carbocycles. The lowest BCUT2D eigenvalue weighted by Gasteiger charge is -2.14. The molecule has 6 heteroatoms. The summed E-state index contributed by atoms with van der Waals surface area (Å²) in [7, 11) is 0. The molecule has 1 atom stereocenters. The van der Waals surface area contributed by atoms with E-state index < -0.39 is 11.6 Å². The first-order chi connectivity index (χ1) is 7.51. The van der Waals surface area contributed by atoms with E-state index >= 15 is 0 Å². The quantitative estimate of drug-likeness (QED) is 0.899. The first kappa shape index (κ1) is 11.1. The highest BCUT2D eigenvalue weighted by Crippen LogP contribution is 2.26.